The van der Waals surface area contributed by atoms with Crippen LogP contribution in [0.4, 0.5) is 5.69 Å². The molecule has 0 spiro atoms. The number of nitrogens with one attached hydrogen (secondary N) is 1. The van der Waals surface area contributed by atoms with E-state index >= 15 is 0 Å². The second-order valence-corrected chi connectivity index (χ2v) is 13.4. The van der Waals surface area contributed by atoms with Gasteiger partial charge in [0.25, 0.3) is 10.0 Å². The number of carbonyl (C=O) groups is 2. The molecular weight excluding hydrogens is 570 g/mol. The van der Waals surface area contributed by atoms with Gasteiger partial charge in [-0.15, -0.1) is 0 Å². The molecule has 1 atom stereocenters. The highest BCUT2D eigenvalue weighted by Crippen LogP contribution is 2.31. The summed E-state index contributed by atoms with van der Waals surface area (Å²) < 4.78 is 29.3. The highest BCUT2D eigenvalue weighted by Gasteiger charge is 2.35. The minimum Gasteiger partial charge on any atom is -0.352 e. The number of aryl methyl sites for hydroxylation is 2. The van der Waals surface area contributed by atoms with Crippen molar-refractivity contribution in [3.05, 3.63) is 94.0 Å². The van der Waals surface area contributed by atoms with Crippen LogP contribution in [0.25, 0.3) is 0 Å². The van der Waals surface area contributed by atoms with Gasteiger partial charge >= 0.3 is 0 Å². The molecular formula is C33H40ClN3O4S. The molecule has 7 nitrogen and oxygen atoms in total. The minimum atomic E-state index is -4.16. The van der Waals surface area contributed by atoms with Gasteiger partial charge in [-0.05, 0) is 75.4 Å². The number of anilines is 1. The summed E-state index contributed by atoms with van der Waals surface area (Å²) in [6.45, 7) is 7.13. The van der Waals surface area contributed by atoms with E-state index in [9.17, 15) is 18.0 Å². The number of halogens is 1. The van der Waals surface area contributed by atoms with Crippen molar-refractivity contribution < 1.29 is 18.0 Å². The molecule has 1 saturated carbocycles. The molecule has 1 N–H and O–H groups in total. The van der Waals surface area contributed by atoms with E-state index in [0.717, 1.165) is 46.7 Å². The van der Waals surface area contributed by atoms with Crippen LogP contribution < -0.4 is 9.62 Å². The number of rotatable bonds is 11. The Labute approximate surface area is 254 Å². The van der Waals surface area contributed by atoms with Crippen LogP contribution in [-0.2, 0) is 26.2 Å². The predicted molar refractivity (Wildman–Crippen MR) is 168 cm³/mol. The summed E-state index contributed by atoms with van der Waals surface area (Å²) in [7, 11) is -4.16. The van der Waals surface area contributed by atoms with E-state index in [4.69, 9.17) is 11.6 Å². The number of benzene rings is 3. The number of nitrogens with zero attached hydrogens (tertiary/aromatic N) is 2. The Morgan fingerprint density at radius 2 is 1.62 bits per heavy atom. The number of hydrogen-bond acceptors (Lipinski definition) is 4. The third-order valence-electron chi connectivity index (χ3n) is 7.92. The Morgan fingerprint density at radius 1 is 0.952 bits per heavy atom. The van der Waals surface area contributed by atoms with E-state index in [2.05, 4.69) is 5.32 Å². The SMILES string of the molecule is CC[C@@H](C(=O)NC1CCCC1)N(Cc1cccc(C)c1)C(=O)CN(c1cccc(Cl)c1C)S(=O)(=O)c1ccc(C)cc1. The quantitative estimate of drug-likeness (QED) is 0.275. The van der Waals surface area contributed by atoms with Crippen LogP contribution in [0.15, 0.2) is 71.6 Å². The first kappa shape index (κ1) is 31.6. The zero-order chi connectivity index (χ0) is 30.4. The van der Waals surface area contributed by atoms with Crippen LogP contribution >= 0.6 is 11.6 Å². The van der Waals surface area contributed by atoms with Crippen molar-refractivity contribution in [3.63, 3.8) is 0 Å². The first-order valence-corrected chi connectivity index (χ1v) is 16.3. The molecule has 0 radical (unpaired) electrons. The third kappa shape index (κ3) is 7.34. The van der Waals surface area contributed by atoms with E-state index in [1.54, 1.807) is 37.3 Å². The van der Waals surface area contributed by atoms with Crippen LogP contribution in [0.3, 0.4) is 0 Å². The first-order valence-electron chi connectivity index (χ1n) is 14.5. The maximum absolute atomic E-state index is 14.3. The van der Waals surface area contributed by atoms with Gasteiger partial charge in [-0.25, -0.2) is 8.42 Å². The van der Waals surface area contributed by atoms with E-state index in [-0.39, 0.29) is 23.4 Å². The van der Waals surface area contributed by atoms with Gasteiger partial charge in [0.1, 0.15) is 12.6 Å². The van der Waals surface area contributed by atoms with Crippen LogP contribution in [-0.4, -0.2) is 43.8 Å². The monoisotopic (exact) mass is 609 g/mol. The molecule has 1 aliphatic rings. The lowest BCUT2D eigenvalue weighted by molar-refractivity contribution is -0.140. The van der Waals surface area contributed by atoms with Crippen LogP contribution in [0.1, 0.15) is 61.3 Å². The molecule has 4 rings (SSSR count). The van der Waals surface area contributed by atoms with Crippen molar-refractivity contribution in [1.82, 2.24) is 10.2 Å². The number of amides is 2. The van der Waals surface area contributed by atoms with Gasteiger partial charge in [0.2, 0.25) is 11.8 Å². The van der Waals surface area contributed by atoms with Crippen molar-refractivity contribution in [3.8, 4) is 0 Å². The van der Waals surface area contributed by atoms with Gasteiger partial charge < -0.3 is 10.2 Å². The normalized spacial score (nSPS) is 14.4. The van der Waals surface area contributed by atoms with E-state index in [0.29, 0.717) is 22.7 Å². The Balaban J connectivity index is 1.75. The Morgan fingerprint density at radius 3 is 2.26 bits per heavy atom. The van der Waals surface area contributed by atoms with Gasteiger partial charge in [0.15, 0.2) is 0 Å². The maximum atomic E-state index is 14.3. The molecule has 0 unspecified atom stereocenters. The van der Waals surface area contributed by atoms with Gasteiger partial charge in [0, 0.05) is 17.6 Å². The van der Waals surface area contributed by atoms with Crippen LogP contribution in [0.5, 0.6) is 0 Å². The van der Waals surface area contributed by atoms with E-state index in [1.165, 1.54) is 17.0 Å². The fourth-order valence-electron chi connectivity index (χ4n) is 5.51. The molecule has 1 aliphatic carbocycles. The Bertz CT molecular complexity index is 1520. The summed E-state index contributed by atoms with van der Waals surface area (Å²) in [5.41, 5.74) is 3.66. The largest absolute Gasteiger partial charge is 0.352 e. The summed E-state index contributed by atoms with van der Waals surface area (Å²) in [6.07, 6.45) is 4.36. The highest BCUT2D eigenvalue weighted by atomic mass is 35.5. The van der Waals surface area contributed by atoms with Gasteiger partial charge in [-0.2, -0.15) is 0 Å². The minimum absolute atomic E-state index is 0.0662. The topological polar surface area (TPSA) is 86.8 Å². The summed E-state index contributed by atoms with van der Waals surface area (Å²) in [5.74, 6) is -0.683. The molecule has 0 saturated heterocycles. The molecule has 0 bridgehead atoms. The van der Waals surface area contributed by atoms with Crippen LogP contribution in [0.2, 0.25) is 5.02 Å². The molecule has 1 fully saturated rings. The van der Waals surface area contributed by atoms with E-state index < -0.39 is 28.5 Å². The molecule has 2 amide bonds. The lowest BCUT2D eigenvalue weighted by Gasteiger charge is -2.34. The summed E-state index contributed by atoms with van der Waals surface area (Å²) in [5, 5.41) is 3.53. The molecule has 0 aromatic heterocycles. The van der Waals surface area contributed by atoms with Gasteiger partial charge in [-0.1, -0.05) is 85.0 Å². The number of sulfonamides is 1. The Kier molecular flexibility index (Phi) is 10.3. The average Bonchev–Trinajstić information content (AvgIpc) is 3.46. The first-order chi connectivity index (χ1) is 20.0. The predicted octanol–water partition coefficient (Wildman–Crippen LogP) is 6.33. The fourth-order valence-corrected chi connectivity index (χ4v) is 7.15. The molecule has 42 heavy (non-hydrogen) atoms. The van der Waals surface area contributed by atoms with E-state index in [1.807, 2.05) is 45.0 Å². The average molecular weight is 610 g/mol. The van der Waals surface area contributed by atoms with Gasteiger partial charge in [0.05, 0.1) is 10.6 Å². The summed E-state index contributed by atoms with van der Waals surface area (Å²) in [6, 6.07) is 18.6. The van der Waals surface area contributed by atoms with Crippen molar-refractivity contribution in [2.24, 2.45) is 0 Å². The molecule has 224 valence electrons. The van der Waals surface area contributed by atoms with Crippen molar-refractivity contribution in [1.29, 1.82) is 0 Å². The molecule has 0 aliphatic heterocycles. The Hall–Kier alpha value is -3.36. The van der Waals surface area contributed by atoms with Crippen molar-refractivity contribution in [2.45, 2.75) is 83.3 Å². The summed E-state index contributed by atoms with van der Waals surface area (Å²) in [4.78, 5) is 29.5. The molecule has 3 aromatic rings. The lowest BCUT2D eigenvalue weighted by Crippen LogP contribution is -2.53. The lowest BCUT2D eigenvalue weighted by atomic mass is 10.1. The maximum Gasteiger partial charge on any atom is 0.264 e. The number of carbonyl (C=O) groups excluding carboxylic acids is 2. The standard InChI is InChI=1S/C33H40ClN3O4S/c1-5-30(33(39)35-27-12-6-7-13-27)36(21-26-11-8-10-24(3)20-26)32(38)22-37(31-15-9-14-29(34)25(31)4)42(40,41)28-18-16-23(2)17-19-28/h8-11,14-20,27,30H,5-7,12-13,21-22H2,1-4H3,(H,35,39)/t30-/m0/s1. The summed E-state index contributed by atoms with van der Waals surface area (Å²) >= 11 is 6.42. The molecule has 9 heteroatoms. The fraction of sp³-hybridized carbons (Fsp3) is 0.394. The highest BCUT2D eigenvalue weighted by molar-refractivity contribution is 7.92. The van der Waals surface area contributed by atoms with Crippen LogP contribution in [0, 0.1) is 20.8 Å². The smallest absolute Gasteiger partial charge is 0.264 e. The van der Waals surface area contributed by atoms with Crippen molar-refractivity contribution in [2.75, 3.05) is 10.8 Å². The zero-order valence-corrected chi connectivity index (χ0v) is 26.3. The third-order valence-corrected chi connectivity index (χ3v) is 10.1. The zero-order valence-electron chi connectivity index (χ0n) is 24.8. The second kappa shape index (κ2) is 13.7. The van der Waals surface area contributed by atoms with Crippen molar-refractivity contribution >= 4 is 39.1 Å². The second-order valence-electron chi connectivity index (χ2n) is 11.1. The number of hydrogen-bond donors (Lipinski definition) is 1. The molecule has 3 aromatic carbocycles. The van der Waals surface area contributed by atoms with Gasteiger partial charge in [-0.3, -0.25) is 13.9 Å². The molecule has 0 heterocycles.